The zero-order valence-corrected chi connectivity index (χ0v) is 20.4. The van der Waals surface area contributed by atoms with Crippen molar-refractivity contribution in [3.63, 3.8) is 0 Å². The SMILES string of the molecule is COc1cnc2cc(NC3CC(C)NN3)nc(NC3C[C@H]4CC[C@@H](C3)N4Cc3ccncc3)c2c1. The van der Waals surface area contributed by atoms with Crippen molar-refractivity contribution in [2.75, 3.05) is 17.7 Å². The summed E-state index contributed by atoms with van der Waals surface area (Å²) in [5.41, 5.74) is 8.81. The van der Waals surface area contributed by atoms with E-state index in [-0.39, 0.29) is 6.17 Å². The summed E-state index contributed by atoms with van der Waals surface area (Å²) < 4.78 is 5.47. The first kappa shape index (κ1) is 22.5. The third kappa shape index (κ3) is 4.76. The number of nitrogens with zero attached hydrogens (tertiary/aromatic N) is 4. The number of piperidine rings is 1. The average molecular weight is 475 g/mol. The molecule has 0 spiro atoms. The van der Waals surface area contributed by atoms with Gasteiger partial charge in [0.1, 0.15) is 17.4 Å². The number of hydrogen-bond acceptors (Lipinski definition) is 9. The third-order valence-electron chi connectivity index (χ3n) is 7.64. The highest BCUT2D eigenvalue weighted by Crippen LogP contribution is 2.38. The van der Waals surface area contributed by atoms with E-state index >= 15 is 0 Å². The summed E-state index contributed by atoms with van der Waals surface area (Å²) in [4.78, 5) is 16.5. The predicted molar refractivity (Wildman–Crippen MR) is 137 cm³/mol. The van der Waals surface area contributed by atoms with Gasteiger partial charge in [0.15, 0.2) is 0 Å². The first-order valence-electron chi connectivity index (χ1n) is 12.7. The quantitative estimate of drug-likeness (QED) is 0.411. The van der Waals surface area contributed by atoms with Crippen LogP contribution in [-0.2, 0) is 6.54 Å². The van der Waals surface area contributed by atoms with Gasteiger partial charge < -0.3 is 15.4 Å². The van der Waals surface area contributed by atoms with Crippen molar-refractivity contribution in [2.45, 2.75) is 75.9 Å². The molecule has 9 nitrogen and oxygen atoms in total. The van der Waals surface area contributed by atoms with Gasteiger partial charge in [-0.25, -0.2) is 10.4 Å². The smallest absolute Gasteiger partial charge is 0.138 e. The van der Waals surface area contributed by atoms with Crippen molar-refractivity contribution < 1.29 is 4.74 Å². The topological polar surface area (TPSA) is 99.3 Å². The molecular weight excluding hydrogens is 440 g/mol. The van der Waals surface area contributed by atoms with Gasteiger partial charge in [-0.15, -0.1) is 0 Å². The lowest BCUT2D eigenvalue weighted by Gasteiger charge is -2.39. The van der Waals surface area contributed by atoms with Gasteiger partial charge in [-0.2, -0.15) is 0 Å². The van der Waals surface area contributed by atoms with Crippen LogP contribution in [-0.4, -0.2) is 57.3 Å². The van der Waals surface area contributed by atoms with E-state index in [0.717, 1.165) is 54.1 Å². The fourth-order valence-corrected chi connectivity index (χ4v) is 5.93. The molecule has 184 valence electrons. The normalized spacial score (nSPS) is 28.3. The molecule has 9 heteroatoms. The number of fused-ring (bicyclic) bond motifs is 3. The minimum atomic E-state index is 0.133. The maximum absolute atomic E-state index is 5.47. The number of hydrazine groups is 1. The molecule has 3 aliphatic heterocycles. The van der Waals surface area contributed by atoms with E-state index < -0.39 is 0 Å². The van der Waals surface area contributed by atoms with E-state index in [1.807, 2.05) is 24.5 Å². The first-order valence-corrected chi connectivity index (χ1v) is 12.7. The van der Waals surface area contributed by atoms with Gasteiger partial charge >= 0.3 is 0 Å². The van der Waals surface area contributed by atoms with Crippen LogP contribution in [0.1, 0.15) is 44.6 Å². The Labute approximate surface area is 206 Å². The molecule has 0 aliphatic carbocycles. The van der Waals surface area contributed by atoms with Gasteiger partial charge in [0, 0.05) is 54.6 Å². The van der Waals surface area contributed by atoms with Crippen LogP contribution in [0.15, 0.2) is 42.9 Å². The Morgan fingerprint density at radius 3 is 2.57 bits per heavy atom. The van der Waals surface area contributed by atoms with E-state index in [2.05, 4.69) is 55.4 Å². The number of methoxy groups -OCH3 is 1. The molecule has 5 atom stereocenters. The molecule has 3 aromatic rings. The highest BCUT2D eigenvalue weighted by molar-refractivity contribution is 5.92. The van der Waals surface area contributed by atoms with Crippen molar-refractivity contribution >= 4 is 22.5 Å². The number of nitrogens with one attached hydrogen (secondary N) is 4. The molecule has 0 radical (unpaired) electrons. The molecule has 35 heavy (non-hydrogen) atoms. The second-order valence-electron chi connectivity index (χ2n) is 10.1. The van der Waals surface area contributed by atoms with Gasteiger partial charge in [0.25, 0.3) is 0 Å². The molecule has 3 aromatic heterocycles. The van der Waals surface area contributed by atoms with E-state index in [1.165, 1.54) is 18.4 Å². The molecule has 6 rings (SSSR count). The zero-order chi connectivity index (χ0) is 23.8. The molecule has 3 saturated heterocycles. The minimum absolute atomic E-state index is 0.133. The van der Waals surface area contributed by atoms with E-state index in [0.29, 0.717) is 24.2 Å². The average Bonchev–Trinajstić information content (AvgIpc) is 3.37. The molecule has 2 bridgehead atoms. The maximum Gasteiger partial charge on any atom is 0.138 e. The van der Waals surface area contributed by atoms with Gasteiger partial charge in [-0.3, -0.25) is 20.3 Å². The number of pyridine rings is 3. The van der Waals surface area contributed by atoms with Crippen molar-refractivity contribution in [2.24, 2.45) is 0 Å². The first-order chi connectivity index (χ1) is 17.1. The zero-order valence-electron chi connectivity index (χ0n) is 20.4. The van der Waals surface area contributed by atoms with Crippen LogP contribution in [0.4, 0.5) is 11.6 Å². The second kappa shape index (κ2) is 9.56. The Balaban J connectivity index is 1.23. The molecule has 0 aromatic carbocycles. The Kier molecular flexibility index (Phi) is 6.13. The molecule has 4 N–H and O–H groups in total. The van der Waals surface area contributed by atoms with E-state index in [4.69, 9.17) is 9.72 Å². The lowest BCUT2D eigenvalue weighted by Crippen LogP contribution is -2.46. The van der Waals surface area contributed by atoms with Gasteiger partial charge in [0.2, 0.25) is 0 Å². The Hall–Kier alpha value is -3.01. The summed E-state index contributed by atoms with van der Waals surface area (Å²) in [5, 5.41) is 8.33. The molecule has 0 amide bonds. The Morgan fingerprint density at radius 1 is 1.06 bits per heavy atom. The molecule has 3 fully saturated rings. The highest BCUT2D eigenvalue weighted by Gasteiger charge is 2.40. The number of ether oxygens (including phenoxy) is 1. The van der Waals surface area contributed by atoms with Crippen LogP contribution in [0.3, 0.4) is 0 Å². The van der Waals surface area contributed by atoms with Crippen molar-refractivity contribution in [3.8, 4) is 5.75 Å². The van der Waals surface area contributed by atoms with Crippen LogP contribution in [0.5, 0.6) is 5.75 Å². The van der Waals surface area contributed by atoms with Crippen LogP contribution in [0.25, 0.3) is 10.9 Å². The van der Waals surface area contributed by atoms with E-state index in [9.17, 15) is 0 Å². The Morgan fingerprint density at radius 2 is 1.86 bits per heavy atom. The van der Waals surface area contributed by atoms with Crippen molar-refractivity contribution in [1.29, 1.82) is 0 Å². The lowest BCUT2D eigenvalue weighted by molar-refractivity contribution is 0.124. The van der Waals surface area contributed by atoms with Crippen LogP contribution < -0.4 is 26.2 Å². The minimum Gasteiger partial charge on any atom is -0.495 e. The van der Waals surface area contributed by atoms with E-state index in [1.54, 1.807) is 13.3 Å². The summed E-state index contributed by atoms with van der Waals surface area (Å²) in [7, 11) is 1.68. The monoisotopic (exact) mass is 474 g/mol. The standard InChI is InChI=1S/C26H34N8O/c1-16-9-25(33-32-16)30-24-13-23-22(12-21(35-2)14-28-23)26(31-24)29-18-10-19-3-4-20(11-18)34(19)15-17-5-7-27-8-6-17/h5-8,12-14,16,18-20,25,32-33H,3-4,9-11,15H2,1-2H3,(H2,29,30,31)/t16?,18?,19-,20+,25?. The van der Waals surface area contributed by atoms with Crippen LogP contribution in [0.2, 0.25) is 0 Å². The summed E-state index contributed by atoms with van der Waals surface area (Å²) in [6.07, 6.45) is 11.4. The van der Waals surface area contributed by atoms with Crippen molar-refractivity contribution in [3.05, 3.63) is 48.4 Å². The predicted octanol–water partition coefficient (Wildman–Crippen LogP) is 3.27. The van der Waals surface area contributed by atoms with Crippen molar-refractivity contribution in [1.82, 2.24) is 30.7 Å². The van der Waals surface area contributed by atoms with Crippen LogP contribution >= 0.6 is 0 Å². The molecule has 0 saturated carbocycles. The fraction of sp³-hybridized carbons (Fsp3) is 0.500. The lowest BCUT2D eigenvalue weighted by atomic mass is 9.96. The molecule has 3 unspecified atom stereocenters. The van der Waals surface area contributed by atoms with Gasteiger partial charge in [-0.1, -0.05) is 0 Å². The number of hydrogen-bond donors (Lipinski definition) is 4. The maximum atomic E-state index is 5.47. The summed E-state index contributed by atoms with van der Waals surface area (Å²) in [6.45, 7) is 3.17. The highest BCUT2D eigenvalue weighted by atomic mass is 16.5. The van der Waals surface area contributed by atoms with Gasteiger partial charge in [0.05, 0.1) is 25.0 Å². The molecule has 6 heterocycles. The summed E-state index contributed by atoms with van der Waals surface area (Å²) in [6, 6.07) is 10.3. The largest absolute Gasteiger partial charge is 0.495 e. The summed E-state index contributed by atoms with van der Waals surface area (Å²) >= 11 is 0. The third-order valence-corrected chi connectivity index (χ3v) is 7.64. The number of anilines is 2. The number of rotatable bonds is 7. The fourth-order valence-electron chi connectivity index (χ4n) is 5.93. The molecular formula is C26H34N8O. The molecule has 3 aliphatic rings. The Bertz CT molecular complexity index is 1160. The second-order valence-corrected chi connectivity index (χ2v) is 10.1. The van der Waals surface area contributed by atoms with Crippen LogP contribution in [0, 0.1) is 0 Å². The van der Waals surface area contributed by atoms with Gasteiger partial charge in [-0.05, 0) is 62.8 Å². The number of aromatic nitrogens is 3. The summed E-state index contributed by atoms with van der Waals surface area (Å²) in [5.74, 6) is 2.44.